The van der Waals surface area contributed by atoms with Crippen LogP contribution in [-0.4, -0.2) is 25.8 Å². The van der Waals surface area contributed by atoms with Crippen LogP contribution in [0.4, 0.5) is 10.5 Å². The Kier molecular flexibility index (Phi) is 5.68. The summed E-state index contributed by atoms with van der Waals surface area (Å²) in [6.45, 7) is 0. The quantitative estimate of drug-likeness (QED) is 0.459. The van der Waals surface area contributed by atoms with Crippen LogP contribution in [0.25, 0.3) is 22.0 Å². The van der Waals surface area contributed by atoms with Gasteiger partial charge in [-0.3, -0.25) is 4.68 Å². The summed E-state index contributed by atoms with van der Waals surface area (Å²) in [7, 11) is 1.93. The van der Waals surface area contributed by atoms with E-state index in [1.807, 2.05) is 48.3 Å². The van der Waals surface area contributed by atoms with Crippen molar-refractivity contribution < 1.29 is 4.79 Å². The van der Waals surface area contributed by atoms with Gasteiger partial charge >= 0.3 is 6.03 Å². The normalized spacial score (nSPS) is 14.9. The number of carbonyl (C=O) groups is 1. The summed E-state index contributed by atoms with van der Waals surface area (Å²) in [6, 6.07) is 17.5. The first-order valence-corrected chi connectivity index (χ1v) is 11.4. The van der Waals surface area contributed by atoms with Gasteiger partial charge in [-0.2, -0.15) is 10.4 Å². The lowest BCUT2D eigenvalue weighted by molar-refractivity contribution is 0.209. The Labute approximate surface area is 197 Å². The number of rotatable bonds is 4. The number of hydrogen-bond acceptors (Lipinski definition) is 5. The summed E-state index contributed by atoms with van der Waals surface area (Å²) >= 11 is 0. The number of amides is 2. The smallest absolute Gasteiger partial charge is 0.319 e. The van der Waals surface area contributed by atoms with Gasteiger partial charge in [-0.05, 0) is 48.2 Å². The first-order valence-electron chi connectivity index (χ1n) is 11.4. The Balaban J connectivity index is 1.32. The van der Waals surface area contributed by atoms with Crippen molar-refractivity contribution in [2.24, 2.45) is 7.05 Å². The number of hydrogen-bond donors (Lipinski definition) is 2. The fourth-order valence-electron chi connectivity index (χ4n) is 4.73. The van der Waals surface area contributed by atoms with Crippen molar-refractivity contribution in [2.75, 3.05) is 5.32 Å². The van der Waals surface area contributed by atoms with Crippen LogP contribution in [-0.2, 0) is 12.6 Å². The standard InChI is InChI=1S/C26H25N7O/c1-33-22-15-19(5-6-20(22)17-29-33)18-7-9-21(10-8-18)30-25(34)32-26(12-3-2-4-13-26)23-11-14-28-24(16-27)31-23/h5-11,14-15,17H,2-4,12-13H2,1H3,(H2,30,32,34). The number of anilines is 1. The van der Waals surface area contributed by atoms with Crippen molar-refractivity contribution in [1.29, 1.82) is 5.26 Å². The molecule has 0 bridgehead atoms. The lowest BCUT2D eigenvalue weighted by Gasteiger charge is -2.37. The second-order valence-electron chi connectivity index (χ2n) is 8.72. The molecule has 170 valence electrons. The second-order valence-corrected chi connectivity index (χ2v) is 8.72. The molecule has 0 unspecified atom stereocenters. The van der Waals surface area contributed by atoms with Gasteiger partial charge in [0, 0.05) is 24.3 Å². The summed E-state index contributed by atoms with van der Waals surface area (Å²) in [5.74, 6) is 0.115. The second kappa shape index (κ2) is 8.94. The first-order chi connectivity index (χ1) is 16.6. The van der Waals surface area contributed by atoms with Gasteiger partial charge in [0.25, 0.3) is 0 Å². The number of nitrogens with one attached hydrogen (secondary N) is 2. The van der Waals surface area contributed by atoms with Gasteiger partial charge < -0.3 is 10.6 Å². The molecule has 34 heavy (non-hydrogen) atoms. The van der Waals surface area contributed by atoms with Crippen LogP contribution in [0, 0.1) is 11.3 Å². The van der Waals surface area contributed by atoms with Crippen molar-refractivity contribution in [3.8, 4) is 17.2 Å². The van der Waals surface area contributed by atoms with Crippen LogP contribution >= 0.6 is 0 Å². The topological polar surface area (TPSA) is 109 Å². The fourth-order valence-corrected chi connectivity index (χ4v) is 4.73. The lowest BCUT2D eigenvalue weighted by atomic mass is 9.79. The van der Waals surface area contributed by atoms with E-state index in [4.69, 9.17) is 0 Å². The average Bonchev–Trinajstić information content (AvgIpc) is 3.25. The van der Waals surface area contributed by atoms with Crippen LogP contribution in [0.3, 0.4) is 0 Å². The molecule has 2 amide bonds. The highest BCUT2D eigenvalue weighted by Gasteiger charge is 2.37. The lowest BCUT2D eigenvalue weighted by Crippen LogP contribution is -2.49. The third-order valence-corrected chi connectivity index (χ3v) is 6.53. The fraction of sp³-hybridized carbons (Fsp3) is 0.269. The summed E-state index contributed by atoms with van der Waals surface area (Å²) in [5.41, 5.74) is 4.01. The van der Waals surface area contributed by atoms with Crippen LogP contribution in [0.15, 0.2) is 60.9 Å². The maximum absolute atomic E-state index is 13.0. The van der Waals surface area contributed by atoms with Crippen molar-refractivity contribution in [3.05, 3.63) is 72.4 Å². The van der Waals surface area contributed by atoms with E-state index >= 15 is 0 Å². The Morgan fingerprint density at radius 3 is 2.59 bits per heavy atom. The molecular formula is C26H25N7O. The minimum atomic E-state index is -0.602. The molecule has 2 aromatic heterocycles. The predicted molar refractivity (Wildman–Crippen MR) is 130 cm³/mol. The molecule has 4 aromatic rings. The van der Waals surface area contributed by atoms with E-state index in [1.54, 1.807) is 12.3 Å². The number of nitrogens with zero attached hydrogens (tertiary/aromatic N) is 5. The SMILES string of the molecule is Cn1ncc2ccc(-c3ccc(NC(=O)NC4(c5ccnc(C#N)n5)CCCCC4)cc3)cc21. The third kappa shape index (κ3) is 4.20. The van der Waals surface area contributed by atoms with Crippen molar-refractivity contribution in [1.82, 2.24) is 25.1 Å². The van der Waals surface area contributed by atoms with E-state index in [2.05, 4.69) is 43.9 Å². The number of carbonyl (C=O) groups excluding carboxylic acids is 1. The van der Waals surface area contributed by atoms with Gasteiger partial charge in [-0.1, -0.05) is 43.5 Å². The number of nitriles is 1. The summed E-state index contributed by atoms with van der Waals surface area (Å²) in [4.78, 5) is 21.4. The van der Waals surface area contributed by atoms with E-state index in [1.165, 1.54) is 0 Å². The van der Waals surface area contributed by atoms with E-state index in [-0.39, 0.29) is 11.9 Å². The highest BCUT2D eigenvalue weighted by Crippen LogP contribution is 2.36. The van der Waals surface area contributed by atoms with Crippen molar-refractivity contribution in [3.63, 3.8) is 0 Å². The highest BCUT2D eigenvalue weighted by atomic mass is 16.2. The minimum absolute atomic E-state index is 0.115. The van der Waals surface area contributed by atoms with Crippen LogP contribution in [0.5, 0.6) is 0 Å². The zero-order valence-electron chi connectivity index (χ0n) is 19.0. The van der Waals surface area contributed by atoms with Crippen LogP contribution in [0.1, 0.15) is 43.6 Å². The van der Waals surface area contributed by atoms with E-state index in [0.29, 0.717) is 11.4 Å². The largest absolute Gasteiger partial charge is 0.327 e. The molecule has 2 N–H and O–H groups in total. The van der Waals surface area contributed by atoms with Gasteiger partial charge in [0.2, 0.25) is 5.82 Å². The summed E-state index contributed by atoms with van der Waals surface area (Å²) in [6.07, 6.45) is 8.08. The highest BCUT2D eigenvalue weighted by molar-refractivity contribution is 5.90. The van der Waals surface area contributed by atoms with Gasteiger partial charge in [0.1, 0.15) is 6.07 Å². The van der Waals surface area contributed by atoms with Gasteiger partial charge in [-0.15, -0.1) is 0 Å². The van der Waals surface area contributed by atoms with Crippen molar-refractivity contribution >= 4 is 22.6 Å². The van der Waals surface area contributed by atoms with E-state index in [0.717, 1.165) is 54.1 Å². The average molecular weight is 452 g/mol. The number of aryl methyl sites for hydroxylation is 1. The molecule has 1 aliphatic carbocycles. The van der Waals surface area contributed by atoms with Gasteiger partial charge in [0.15, 0.2) is 0 Å². The Morgan fingerprint density at radius 2 is 1.82 bits per heavy atom. The molecule has 8 nitrogen and oxygen atoms in total. The molecule has 0 saturated heterocycles. The minimum Gasteiger partial charge on any atom is -0.327 e. The van der Waals surface area contributed by atoms with Crippen molar-refractivity contribution in [2.45, 2.75) is 37.6 Å². The molecule has 0 aliphatic heterocycles. The maximum atomic E-state index is 13.0. The summed E-state index contributed by atoms with van der Waals surface area (Å²) in [5, 5.41) is 20.7. The first kappa shape index (κ1) is 21.6. The van der Waals surface area contributed by atoms with Gasteiger partial charge in [0.05, 0.1) is 22.9 Å². The number of urea groups is 1. The molecule has 1 fully saturated rings. The molecule has 0 atom stereocenters. The Bertz CT molecular complexity index is 1380. The monoisotopic (exact) mass is 451 g/mol. The van der Waals surface area contributed by atoms with E-state index in [9.17, 15) is 10.1 Å². The molecule has 1 saturated carbocycles. The molecule has 8 heteroatoms. The Morgan fingerprint density at radius 1 is 1.06 bits per heavy atom. The molecular weight excluding hydrogens is 426 g/mol. The third-order valence-electron chi connectivity index (χ3n) is 6.53. The molecule has 0 radical (unpaired) electrons. The zero-order valence-corrected chi connectivity index (χ0v) is 19.0. The predicted octanol–water partition coefficient (Wildman–Crippen LogP) is 4.88. The van der Waals surface area contributed by atoms with Crippen LogP contribution < -0.4 is 10.6 Å². The van der Waals surface area contributed by atoms with E-state index < -0.39 is 5.54 Å². The zero-order chi connectivity index (χ0) is 23.5. The molecule has 0 spiro atoms. The number of fused-ring (bicyclic) bond motifs is 1. The van der Waals surface area contributed by atoms with Crippen LogP contribution in [0.2, 0.25) is 0 Å². The molecule has 1 aliphatic rings. The molecule has 2 aromatic carbocycles. The number of benzene rings is 2. The molecule has 5 rings (SSSR count). The molecule has 2 heterocycles. The van der Waals surface area contributed by atoms with Gasteiger partial charge in [-0.25, -0.2) is 14.8 Å². The Hall–Kier alpha value is -4.25. The maximum Gasteiger partial charge on any atom is 0.319 e. The number of aromatic nitrogens is 4. The summed E-state index contributed by atoms with van der Waals surface area (Å²) < 4.78 is 1.86.